The molecule has 8 nitrogen and oxygen atoms in total. The summed E-state index contributed by atoms with van der Waals surface area (Å²) in [6, 6.07) is 7.04. The molecular weight excluding hydrogens is 378 g/mol. The van der Waals surface area contributed by atoms with E-state index in [2.05, 4.69) is 9.80 Å². The molecule has 2 fully saturated rings. The van der Waals surface area contributed by atoms with Crippen molar-refractivity contribution < 1.29 is 9.72 Å². The SMILES string of the molecule is CC(=O)N1CCN(c2cc3c([N+](=O)[O-])cccc3c(N3CCSCC3)n2)CC1. The lowest BCUT2D eigenvalue weighted by Gasteiger charge is -2.36. The van der Waals surface area contributed by atoms with Crippen molar-refractivity contribution >= 4 is 45.8 Å². The molecule has 2 saturated heterocycles. The predicted octanol–water partition coefficient (Wildman–Crippen LogP) is 2.36. The molecule has 28 heavy (non-hydrogen) atoms. The number of nitro benzene ring substituents is 1. The van der Waals surface area contributed by atoms with Gasteiger partial charge in [0.05, 0.1) is 10.3 Å². The van der Waals surface area contributed by atoms with Gasteiger partial charge in [-0.1, -0.05) is 12.1 Å². The van der Waals surface area contributed by atoms with Gasteiger partial charge in [-0.25, -0.2) is 4.98 Å². The van der Waals surface area contributed by atoms with Gasteiger partial charge in [0, 0.05) is 69.2 Å². The maximum Gasteiger partial charge on any atom is 0.277 e. The summed E-state index contributed by atoms with van der Waals surface area (Å²) in [6.45, 7) is 5.99. The third kappa shape index (κ3) is 3.58. The first-order chi connectivity index (χ1) is 13.5. The van der Waals surface area contributed by atoms with Crippen molar-refractivity contribution in [2.24, 2.45) is 0 Å². The van der Waals surface area contributed by atoms with Crippen molar-refractivity contribution in [2.45, 2.75) is 6.92 Å². The van der Waals surface area contributed by atoms with Gasteiger partial charge in [0.25, 0.3) is 5.69 Å². The molecule has 0 spiro atoms. The van der Waals surface area contributed by atoms with Crippen LogP contribution in [0, 0.1) is 10.1 Å². The van der Waals surface area contributed by atoms with Gasteiger partial charge in [-0.15, -0.1) is 0 Å². The summed E-state index contributed by atoms with van der Waals surface area (Å²) in [4.78, 5) is 34.0. The standard InChI is InChI=1S/C19H23N5O3S/c1-14(25)21-5-7-22(8-6-21)18-13-16-15(3-2-4-17(16)24(26)27)19(20-18)23-9-11-28-12-10-23/h2-4,13H,5-12H2,1H3. The molecule has 0 saturated carbocycles. The molecule has 2 aliphatic rings. The summed E-state index contributed by atoms with van der Waals surface area (Å²) in [5.74, 6) is 3.70. The summed E-state index contributed by atoms with van der Waals surface area (Å²) in [6.07, 6.45) is 0. The number of non-ortho nitro benzene ring substituents is 1. The topological polar surface area (TPSA) is 82.8 Å². The van der Waals surface area contributed by atoms with Crippen LogP contribution in [0.1, 0.15) is 6.92 Å². The Morgan fingerprint density at radius 1 is 1.07 bits per heavy atom. The molecule has 148 valence electrons. The van der Waals surface area contributed by atoms with E-state index in [1.54, 1.807) is 19.1 Å². The second-order valence-electron chi connectivity index (χ2n) is 7.03. The molecule has 0 aliphatic carbocycles. The first-order valence-electron chi connectivity index (χ1n) is 9.46. The fourth-order valence-corrected chi connectivity index (χ4v) is 4.72. The largest absolute Gasteiger partial charge is 0.354 e. The van der Waals surface area contributed by atoms with Gasteiger partial charge in [-0.2, -0.15) is 11.8 Å². The van der Waals surface area contributed by atoms with Gasteiger partial charge >= 0.3 is 0 Å². The Kier molecular flexibility index (Phi) is 5.25. The van der Waals surface area contributed by atoms with E-state index in [-0.39, 0.29) is 16.5 Å². The first-order valence-corrected chi connectivity index (χ1v) is 10.6. The molecule has 9 heteroatoms. The highest BCUT2D eigenvalue weighted by Gasteiger charge is 2.25. The van der Waals surface area contributed by atoms with E-state index in [0.717, 1.165) is 41.6 Å². The van der Waals surface area contributed by atoms with E-state index in [0.29, 0.717) is 31.6 Å². The molecule has 1 aromatic carbocycles. The summed E-state index contributed by atoms with van der Waals surface area (Å²) in [7, 11) is 0. The zero-order chi connectivity index (χ0) is 19.7. The summed E-state index contributed by atoms with van der Waals surface area (Å²) < 4.78 is 0. The van der Waals surface area contributed by atoms with Crippen LogP contribution in [-0.2, 0) is 4.79 Å². The molecule has 0 radical (unpaired) electrons. The van der Waals surface area contributed by atoms with Gasteiger partial charge in [0.15, 0.2) is 0 Å². The monoisotopic (exact) mass is 401 g/mol. The van der Waals surface area contributed by atoms with E-state index in [9.17, 15) is 14.9 Å². The maximum atomic E-state index is 11.6. The average Bonchev–Trinajstić information content (AvgIpc) is 2.73. The van der Waals surface area contributed by atoms with Gasteiger partial charge in [-0.05, 0) is 6.07 Å². The molecular formula is C19H23N5O3S. The number of nitrogens with zero attached hydrogens (tertiary/aromatic N) is 5. The minimum atomic E-state index is -0.324. The van der Waals surface area contributed by atoms with Gasteiger partial charge in [-0.3, -0.25) is 14.9 Å². The number of pyridine rings is 1. The van der Waals surface area contributed by atoms with Crippen LogP contribution >= 0.6 is 11.8 Å². The lowest BCUT2D eigenvalue weighted by atomic mass is 10.1. The summed E-state index contributed by atoms with van der Waals surface area (Å²) in [5.41, 5.74) is 0.108. The molecule has 2 aliphatic heterocycles. The number of hydrogen-bond acceptors (Lipinski definition) is 7. The number of amides is 1. The van der Waals surface area contributed by atoms with Crippen LogP contribution in [0.2, 0.25) is 0 Å². The molecule has 0 unspecified atom stereocenters. The lowest BCUT2D eigenvalue weighted by Crippen LogP contribution is -2.48. The zero-order valence-corrected chi connectivity index (χ0v) is 16.7. The maximum absolute atomic E-state index is 11.6. The van der Waals surface area contributed by atoms with E-state index < -0.39 is 0 Å². The number of nitro groups is 1. The summed E-state index contributed by atoms with van der Waals surface area (Å²) >= 11 is 1.92. The number of thioether (sulfide) groups is 1. The van der Waals surface area contributed by atoms with E-state index in [1.165, 1.54) is 0 Å². The fourth-order valence-electron chi connectivity index (χ4n) is 3.82. The van der Waals surface area contributed by atoms with Crippen molar-refractivity contribution in [3.63, 3.8) is 0 Å². The number of anilines is 2. The van der Waals surface area contributed by atoms with Crippen LogP contribution in [0.15, 0.2) is 24.3 Å². The number of benzene rings is 1. The van der Waals surface area contributed by atoms with Crippen molar-refractivity contribution in [1.82, 2.24) is 9.88 Å². The number of rotatable bonds is 3. The van der Waals surface area contributed by atoms with Crippen LogP contribution in [0.5, 0.6) is 0 Å². The van der Waals surface area contributed by atoms with Crippen molar-refractivity contribution in [3.05, 3.63) is 34.4 Å². The van der Waals surface area contributed by atoms with Crippen LogP contribution < -0.4 is 9.80 Å². The van der Waals surface area contributed by atoms with E-state index in [1.807, 2.05) is 28.8 Å². The Morgan fingerprint density at radius 2 is 1.79 bits per heavy atom. The Morgan fingerprint density at radius 3 is 2.43 bits per heavy atom. The minimum Gasteiger partial charge on any atom is -0.354 e. The number of piperazine rings is 1. The lowest BCUT2D eigenvalue weighted by molar-refractivity contribution is -0.383. The minimum absolute atomic E-state index is 0.0771. The normalized spacial score (nSPS) is 17.8. The molecule has 0 N–H and O–H groups in total. The van der Waals surface area contributed by atoms with Gasteiger partial charge < -0.3 is 14.7 Å². The second-order valence-corrected chi connectivity index (χ2v) is 8.25. The molecule has 0 bridgehead atoms. The van der Waals surface area contributed by atoms with Crippen molar-refractivity contribution in [1.29, 1.82) is 0 Å². The summed E-state index contributed by atoms with van der Waals surface area (Å²) in [5, 5.41) is 13.1. The first kappa shape index (κ1) is 18.8. The number of aromatic nitrogens is 1. The van der Waals surface area contributed by atoms with Crippen molar-refractivity contribution in [3.8, 4) is 0 Å². The van der Waals surface area contributed by atoms with Crippen LogP contribution in [-0.4, -0.2) is 71.5 Å². The van der Waals surface area contributed by atoms with E-state index in [4.69, 9.17) is 4.98 Å². The third-order valence-corrected chi connectivity index (χ3v) is 6.32. The zero-order valence-electron chi connectivity index (χ0n) is 15.8. The van der Waals surface area contributed by atoms with Crippen LogP contribution in [0.25, 0.3) is 10.8 Å². The molecule has 1 aromatic heterocycles. The highest BCUT2D eigenvalue weighted by Crippen LogP contribution is 2.35. The Bertz CT molecular complexity index is 908. The van der Waals surface area contributed by atoms with Gasteiger partial charge in [0.2, 0.25) is 5.91 Å². The molecule has 0 atom stereocenters. The number of carbonyl (C=O) groups is 1. The number of fused-ring (bicyclic) bond motifs is 1. The third-order valence-electron chi connectivity index (χ3n) is 5.37. The van der Waals surface area contributed by atoms with Crippen LogP contribution in [0.3, 0.4) is 0 Å². The van der Waals surface area contributed by atoms with E-state index >= 15 is 0 Å². The Hall–Kier alpha value is -2.55. The predicted molar refractivity (Wildman–Crippen MR) is 112 cm³/mol. The number of carbonyl (C=O) groups excluding carboxylic acids is 1. The number of hydrogen-bond donors (Lipinski definition) is 0. The molecule has 1 amide bonds. The Labute approximate surface area is 167 Å². The highest BCUT2D eigenvalue weighted by molar-refractivity contribution is 7.99. The second kappa shape index (κ2) is 7.83. The molecule has 3 heterocycles. The highest BCUT2D eigenvalue weighted by atomic mass is 32.2. The Balaban J connectivity index is 1.77. The van der Waals surface area contributed by atoms with Crippen molar-refractivity contribution in [2.75, 3.05) is 60.6 Å². The smallest absolute Gasteiger partial charge is 0.277 e. The molecule has 2 aromatic rings. The van der Waals surface area contributed by atoms with Gasteiger partial charge in [0.1, 0.15) is 11.6 Å². The average molecular weight is 401 g/mol. The molecule has 4 rings (SSSR count). The van der Waals surface area contributed by atoms with Crippen LogP contribution in [0.4, 0.5) is 17.3 Å². The fraction of sp³-hybridized carbons (Fsp3) is 0.474. The quantitative estimate of drug-likeness (QED) is 0.577.